The van der Waals surface area contributed by atoms with E-state index < -0.39 is 0 Å². The van der Waals surface area contributed by atoms with Crippen LogP contribution in [-0.2, 0) is 17.9 Å². The van der Waals surface area contributed by atoms with Crippen molar-refractivity contribution in [3.63, 3.8) is 0 Å². The van der Waals surface area contributed by atoms with Crippen LogP contribution in [0.2, 0.25) is 0 Å². The second-order valence-corrected chi connectivity index (χ2v) is 8.07. The minimum atomic E-state index is -0.154. The summed E-state index contributed by atoms with van der Waals surface area (Å²) < 4.78 is 7.57. The summed E-state index contributed by atoms with van der Waals surface area (Å²) in [6, 6.07) is 11.7. The lowest BCUT2D eigenvalue weighted by molar-refractivity contribution is 0.0712. The third-order valence-electron chi connectivity index (χ3n) is 5.86. The van der Waals surface area contributed by atoms with Crippen molar-refractivity contribution in [1.29, 1.82) is 0 Å². The Kier molecular flexibility index (Phi) is 5.72. The molecule has 0 spiro atoms. The summed E-state index contributed by atoms with van der Waals surface area (Å²) in [5, 5.41) is 3.14. The van der Waals surface area contributed by atoms with Crippen LogP contribution < -0.4 is 5.32 Å². The summed E-state index contributed by atoms with van der Waals surface area (Å²) >= 11 is 0. The van der Waals surface area contributed by atoms with E-state index in [1.165, 1.54) is 12.8 Å². The Morgan fingerprint density at radius 3 is 2.72 bits per heavy atom. The smallest absolute Gasteiger partial charge is 0.270 e. The average Bonchev–Trinajstić information content (AvgIpc) is 3.48. The largest absolute Gasteiger partial charge is 0.373 e. The summed E-state index contributed by atoms with van der Waals surface area (Å²) in [6.45, 7) is 4.33. The molecule has 2 aliphatic rings. The number of carbonyl (C=O) groups excluding carboxylic acids is 2. The van der Waals surface area contributed by atoms with Crippen LogP contribution in [0.1, 0.15) is 64.3 Å². The van der Waals surface area contributed by atoms with Gasteiger partial charge in [-0.15, -0.1) is 0 Å². The molecule has 1 aromatic heterocycles. The first-order chi connectivity index (χ1) is 14.1. The first-order valence-electron chi connectivity index (χ1n) is 10.5. The number of benzene rings is 1. The Bertz CT molecular complexity index is 886. The van der Waals surface area contributed by atoms with Gasteiger partial charge in [-0.05, 0) is 36.8 Å². The number of aromatic nitrogens is 1. The molecule has 4 rings (SSSR count). The molecule has 2 amide bonds. The molecular formula is C23H29N3O3. The predicted octanol–water partition coefficient (Wildman–Crippen LogP) is 3.38. The number of hydrogen-bond acceptors (Lipinski definition) is 3. The molecule has 1 aromatic carbocycles. The molecule has 6 nitrogen and oxygen atoms in total. The minimum absolute atomic E-state index is 0.0193. The Morgan fingerprint density at radius 2 is 2.03 bits per heavy atom. The van der Waals surface area contributed by atoms with E-state index in [4.69, 9.17) is 4.74 Å². The number of ether oxygens (including phenoxy) is 1. The van der Waals surface area contributed by atoms with Gasteiger partial charge in [0.2, 0.25) is 0 Å². The fourth-order valence-electron chi connectivity index (χ4n) is 4.01. The highest BCUT2D eigenvalue weighted by molar-refractivity contribution is 6.00. The van der Waals surface area contributed by atoms with Crippen LogP contribution >= 0.6 is 0 Å². The van der Waals surface area contributed by atoms with Crippen molar-refractivity contribution in [2.45, 2.75) is 45.4 Å². The Morgan fingerprint density at radius 1 is 1.28 bits per heavy atom. The highest BCUT2D eigenvalue weighted by Gasteiger charge is 2.30. The highest BCUT2D eigenvalue weighted by Crippen LogP contribution is 2.30. The second kappa shape index (κ2) is 8.41. The standard InChI is InChI=1S/C23H29N3O3/c1-3-19(17-7-5-4-6-8-17)24-22(27)18-13-20(26-11-12-29-15-21(18)26)23(28)25(2)14-16-9-10-16/h4-8,13,16,19H,3,9-12,14-15H2,1-2H3,(H,24,27). The van der Waals surface area contributed by atoms with Gasteiger partial charge in [-0.2, -0.15) is 0 Å². The second-order valence-electron chi connectivity index (χ2n) is 8.07. The van der Waals surface area contributed by atoms with Gasteiger partial charge in [-0.25, -0.2) is 0 Å². The van der Waals surface area contributed by atoms with Crippen molar-refractivity contribution in [1.82, 2.24) is 14.8 Å². The predicted molar refractivity (Wildman–Crippen MR) is 111 cm³/mol. The molecule has 6 heteroatoms. The van der Waals surface area contributed by atoms with Crippen LogP contribution in [0.25, 0.3) is 0 Å². The summed E-state index contributed by atoms with van der Waals surface area (Å²) in [7, 11) is 1.85. The maximum Gasteiger partial charge on any atom is 0.270 e. The van der Waals surface area contributed by atoms with Gasteiger partial charge in [-0.1, -0.05) is 37.3 Å². The van der Waals surface area contributed by atoms with Crippen molar-refractivity contribution < 1.29 is 14.3 Å². The molecule has 1 atom stereocenters. The molecule has 154 valence electrons. The van der Waals surface area contributed by atoms with Gasteiger partial charge in [0.25, 0.3) is 11.8 Å². The number of carbonyl (C=O) groups is 2. The van der Waals surface area contributed by atoms with Gasteiger partial charge in [0.05, 0.1) is 30.5 Å². The first kappa shape index (κ1) is 19.7. The van der Waals surface area contributed by atoms with E-state index in [1.807, 2.05) is 41.9 Å². The molecule has 1 unspecified atom stereocenters. The van der Waals surface area contributed by atoms with Gasteiger partial charge < -0.3 is 19.5 Å². The third kappa shape index (κ3) is 4.22. The fraction of sp³-hybridized carbons (Fsp3) is 0.478. The molecule has 1 fully saturated rings. The molecule has 0 saturated heterocycles. The van der Waals surface area contributed by atoms with E-state index >= 15 is 0 Å². The Labute approximate surface area is 171 Å². The van der Waals surface area contributed by atoms with Crippen LogP contribution in [0.5, 0.6) is 0 Å². The molecule has 1 saturated carbocycles. The zero-order chi connectivity index (χ0) is 20.4. The van der Waals surface area contributed by atoms with Gasteiger partial charge in [0.1, 0.15) is 5.69 Å². The fourth-order valence-corrected chi connectivity index (χ4v) is 4.01. The summed E-state index contributed by atoms with van der Waals surface area (Å²) in [5.41, 5.74) is 3.00. The van der Waals surface area contributed by atoms with E-state index in [1.54, 1.807) is 11.0 Å². The molecular weight excluding hydrogens is 366 g/mol. The zero-order valence-corrected chi connectivity index (χ0v) is 17.2. The molecule has 0 bridgehead atoms. The summed E-state index contributed by atoms with van der Waals surface area (Å²) in [6.07, 6.45) is 3.19. The average molecular weight is 396 g/mol. The number of nitrogens with zero attached hydrogens (tertiary/aromatic N) is 2. The lowest BCUT2D eigenvalue weighted by Gasteiger charge is -2.22. The van der Waals surface area contributed by atoms with Crippen LogP contribution in [0.3, 0.4) is 0 Å². The lowest BCUT2D eigenvalue weighted by atomic mass is 10.0. The van der Waals surface area contributed by atoms with E-state index in [0.29, 0.717) is 36.9 Å². The SMILES string of the molecule is CCC(NC(=O)c1cc(C(=O)N(C)CC2CC2)n2c1COCC2)c1ccccc1. The number of amides is 2. The summed E-state index contributed by atoms with van der Waals surface area (Å²) in [5.74, 6) is 0.454. The van der Waals surface area contributed by atoms with E-state index in [-0.39, 0.29) is 17.9 Å². The molecule has 1 aliphatic heterocycles. The maximum absolute atomic E-state index is 13.1. The van der Waals surface area contributed by atoms with E-state index in [2.05, 4.69) is 12.2 Å². The Balaban J connectivity index is 1.58. The number of hydrogen-bond donors (Lipinski definition) is 1. The van der Waals surface area contributed by atoms with Crippen molar-refractivity contribution >= 4 is 11.8 Å². The van der Waals surface area contributed by atoms with E-state index in [0.717, 1.165) is 24.2 Å². The van der Waals surface area contributed by atoms with E-state index in [9.17, 15) is 9.59 Å². The van der Waals surface area contributed by atoms with Gasteiger partial charge in [0.15, 0.2) is 0 Å². The maximum atomic E-state index is 13.1. The van der Waals surface area contributed by atoms with Crippen molar-refractivity contribution in [3.05, 3.63) is 58.9 Å². The molecule has 29 heavy (non-hydrogen) atoms. The zero-order valence-electron chi connectivity index (χ0n) is 17.2. The first-order valence-corrected chi connectivity index (χ1v) is 10.5. The van der Waals surface area contributed by atoms with Crippen LogP contribution in [0.4, 0.5) is 0 Å². The van der Waals surface area contributed by atoms with Crippen molar-refractivity contribution in [2.24, 2.45) is 5.92 Å². The Hall–Kier alpha value is -2.60. The highest BCUT2D eigenvalue weighted by atomic mass is 16.5. The third-order valence-corrected chi connectivity index (χ3v) is 5.86. The van der Waals surface area contributed by atoms with Crippen molar-refractivity contribution in [2.75, 3.05) is 20.2 Å². The number of fused-ring (bicyclic) bond motifs is 1. The molecule has 0 radical (unpaired) electrons. The number of nitrogens with one attached hydrogen (secondary N) is 1. The normalized spacial score (nSPS) is 16.8. The number of rotatable bonds is 7. The van der Waals surface area contributed by atoms with Crippen LogP contribution in [-0.4, -0.2) is 41.5 Å². The van der Waals surface area contributed by atoms with Crippen LogP contribution in [0.15, 0.2) is 36.4 Å². The molecule has 1 aliphatic carbocycles. The molecule has 2 heterocycles. The van der Waals surface area contributed by atoms with Crippen LogP contribution in [0, 0.1) is 5.92 Å². The summed E-state index contributed by atoms with van der Waals surface area (Å²) in [4.78, 5) is 28.0. The molecule has 2 aromatic rings. The lowest BCUT2D eigenvalue weighted by Crippen LogP contribution is -2.32. The molecule has 1 N–H and O–H groups in total. The van der Waals surface area contributed by atoms with Crippen molar-refractivity contribution in [3.8, 4) is 0 Å². The van der Waals surface area contributed by atoms with Gasteiger partial charge >= 0.3 is 0 Å². The quantitative estimate of drug-likeness (QED) is 0.782. The van der Waals surface area contributed by atoms with Gasteiger partial charge in [0, 0.05) is 20.1 Å². The topological polar surface area (TPSA) is 63.6 Å². The van der Waals surface area contributed by atoms with Gasteiger partial charge in [-0.3, -0.25) is 9.59 Å². The minimum Gasteiger partial charge on any atom is -0.373 e. The monoisotopic (exact) mass is 395 g/mol.